The number of nitrogens with zero attached hydrogens (tertiary/aromatic N) is 1. The summed E-state index contributed by atoms with van der Waals surface area (Å²) in [6.45, 7) is 7.63. The van der Waals surface area contributed by atoms with Crippen molar-refractivity contribution in [3.63, 3.8) is 0 Å². The Hall–Kier alpha value is -1.83. The van der Waals surface area contributed by atoms with Crippen molar-refractivity contribution in [2.24, 2.45) is 17.7 Å². The topological polar surface area (TPSA) is 111 Å². The number of hydrogen-bond acceptors (Lipinski definition) is 6. The van der Waals surface area contributed by atoms with E-state index in [0.29, 0.717) is 13.0 Å². The molecule has 1 rings (SSSR count). The van der Waals surface area contributed by atoms with Crippen LogP contribution in [0.25, 0.3) is 0 Å². The zero-order valence-electron chi connectivity index (χ0n) is 13.5. The van der Waals surface area contributed by atoms with Gasteiger partial charge in [-0.3, -0.25) is 15.0 Å². The minimum Gasteiger partial charge on any atom is -0.466 e. The second kappa shape index (κ2) is 7.44. The standard InChI is InChI=1S/C14H25N3O5/c1-5-21-12(19)9-6-7-17(8-10(9)11(18)16-15)13(20)22-14(2,3)4/h9-10H,5-8,15H2,1-4H3,(H,16,18)/t9-,10-/m0/s1. The number of rotatable bonds is 3. The summed E-state index contributed by atoms with van der Waals surface area (Å²) in [5.74, 6) is 2.88. The van der Waals surface area contributed by atoms with E-state index in [0.717, 1.165) is 0 Å². The van der Waals surface area contributed by atoms with E-state index in [1.807, 2.05) is 5.43 Å². The first kappa shape index (κ1) is 18.2. The van der Waals surface area contributed by atoms with Gasteiger partial charge in [-0.05, 0) is 34.1 Å². The first-order valence-corrected chi connectivity index (χ1v) is 7.34. The molecule has 0 aromatic rings. The minimum atomic E-state index is -0.745. The van der Waals surface area contributed by atoms with Gasteiger partial charge >= 0.3 is 12.1 Å². The van der Waals surface area contributed by atoms with E-state index < -0.39 is 35.4 Å². The molecule has 0 spiro atoms. The molecule has 2 amide bonds. The van der Waals surface area contributed by atoms with Gasteiger partial charge in [-0.15, -0.1) is 0 Å². The quantitative estimate of drug-likeness (QED) is 0.338. The Morgan fingerprint density at radius 3 is 2.41 bits per heavy atom. The van der Waals surface area contributed by atoms with Crippen molar-refractivity contribution in [2.75, 3.05) is 19.7 Å². The molecular weight excluding hydrogens is 290 g/mol. The number of nitrogens with two attached hydrogens (primary N) is 1. The number of carbonyl (C=O) groups excluding carboxylic acids is 3. The van der Waals surface area contributed by atoms with Gasteiger partial charge in [-0.2, -0.15) is 0 Å². The van der Waals surface area contributed by atoms with Gasteiger partial charge in [0.1, 0.15) is 5.60 Å². The van der Waals surface area contributed by atoms with Gasteiger partial charge in [0.15, 0.2) is 0 Å². The van der Waals surface area contributed by atoms with Crippen LogP contribution in [-0.4, -0.2) is 48.2 Å². The zero-order valence-corrected chi connectivity index (χ0v) is 13.5. The van der Waals surface area contributed by atoms with Gasteiger partial charge in [0.05, 0.1) is 18.4 Å². The fraction of sp³-hybridized carbons (Fsp3) is 0.786. The first-order valence-electron chi connectivity index (χ1n) is 7.34. The Kier molecular flexibility index (Phi) is 6.16. The highest BCUT2D eigenvalue weighted by Crippen LogP contribution is 2.26. The van der Waals surface area contributed by atoms with Gasteiger partial charge in [0, 0.05) is 13.1 Å². The molecular formula is C14H25N3O5. The number of likely N-dealkylation sites (tertiary alicyclic amines) is 1. The minimum absolute atomic E-state index is 0.0709. The van der Waals surface area contributed by atoms with Crippen molar-refractivity contribution in [1.29, 1.82) is 0 Å². The van der Waals surface area contributed by atoms with E-state index >= 15 is 0 Å². The lowest BCUT2D eigenvalue weighted by atomic mass is 9.85. The van der Waals surface area contributed by atoms with Crippen LogP contribution in [0.5, 0.6) is 0 Å². The van der Waals surface area contributed by atoms with Crippen LogP contribution in [0.1, 0.15) is 34.1 Å². The van der Waals surface area contributed by atoms with Crippen molar-refractivity contribution < 1.29 is 23.9 Å². The smallest absolute Gasteiger partial charge is 0.410 e. The molecule has 1 saturated heterocycles. The van der Waals surface area contributed by atoms with Crippen LogP contribution < -0.4 is 11.3 Å². The lowest BCUT2D eigenvalue weighted by Gasteiger charge is -2.36. The Balaban J connectivity index is 2.81. The molecule has 1 heterocycles. The molecule has 0 radical (unpaired) electrons. The van der Waals surface area contributed by atoms with Crippen LogP contribution in [0, 0.1) is 11.8 Å². The van der Waals surface area contributed by atoms with Crippen molar-refractivity contribution in [2.45, 2.75) is 39.7 Å². The molecule has 1 aliphatic heterocycles. The summed E-state index contributed by atoms with van der Waals surface area (Å²) in [5.41, 5.74) is 1.42. The molecule has 0 saturated carbocycles. The fourth-order valence-corrected chi connectivity index (χ4v) is 2.35. The third-order valence-electron chi connectivity index (χ3n) is 3.33. The number of piperidine rings is 1. The van der Waals surface area contributed by atoms with E-state index in [-0.39, 0.29) is 13.2 Å². The number of amides is 2. The number of carbonyl (C=O) groups is 3. The number of nitrogens with one attached hydrogen (secondary N) is 1. The zero-order chi connectivity index (χ0) is 16.9. The summed E-state index contributed by atoms with van der Waals surface area (Å²) in [7, 11) is 0. The van der Waals surface area contributed by atoms with E-state index in [1.165, 1.54) is 4.90 Å². The first-order chi connectivity index (χ1) is 10.2. The maximum atomic E-state index is 12.1. The maximum Gasteiger partial charge on any atom is 0.410 e. The summed E-state index contributed by atoms with van der Waals surface area (Å²) in [6, 6.07) is 0. The average molecular weight is 315 g/mol. The Morgan fingerprint density at radius 2 is 1.91 bits per heavy atom. The highest BCUT2D eigenvalue weighted by molar-refractivity contribution is 5.86. The Bertz CT molecular complexity index is 433. The highest BCUT2D eigenvalue weighted by atomic mass is 16.6. The largest absolute Gasteiger partial charge is 0.466 e. The SMILES string of the molecule is CCOC(=O)[C@H]1CCN(C(=O)OC(C)(C)C)C[C@@H]1C(=O)NN. The number of ether oxygens (including phenoxy) is 2. The second-order valence-corrected chi connectivity index (χ2v) is 6.19. The van der Waals surface area contributed by atoms with E-state index in [1.54, 1.807) is 27.7 Å². The number of hydrogen-bond donors (Lipinski definition) is 2. The summed E-state index contributed by atoms with van der Waals surface area (Å²) in [4.78, 5) is 37.4. The molecule has 0 aromatic heterocycles. The summed E-state index contributed by atoms with van der Waals surface area (Å²) in [5, 5.41) is 0. The molecule has 0 aliphatic carbocycles. The average Bonchev–Trinajstić information content (AvgIpc) is 2.44. The molecule has 0 aromatic carbocycles. The second-order valence-electron chi connectivity index (χ2n) is 6.19. The van der Waals surface area contributed by atoms with Gasteiger partial charge in [-0.25, -0.2) is 10.6 Å². The highest BCUT2D eigenvalue weighted by Gasteiger charge is 2.41. The monoisotopic (exact) mass is 315 g/mol. The van der Waals surface area contributed by atoms with Crippen molar-refractivity contribution >= 4 is 18.0 Å². The van der Waals surface area contributed by atoms with Gasteiger partial charge in [0.25, 0.3) is 0 Å². The van der Waals surface area contributed by atoms with E-state index in [2.05, 4.69) is 0 Å². The van der Waals surface area contributed by atoms with Crippen molar-refractivity contribution in [3.05, 3.63) is 0 Å². The molecule has 0 unspecified atom stereocenters. The third-order valence-corrected chi connectivity index (χ3v) is 3.33. The fourth-order valence-electron chi connectivity index (χ4n) is 2.35. The third kappa shape index (κ3) is 4.87. The van der Waals surface area contributed by atoms with Crippen molar-refractivity contribution in [1.82, 2.24) is 10.3 Å². The molecule has 126 valence electrons. The molecule has 3 N–H and O–H groups in total. The molecule has 1 aliphatic rings. The van der Waals surface area contributed by atoms with Crippen LogP contribution in [0.4, 0.5) is 4.79 Å². The molecule has 22 heavy (non-hydrogen) atoms. The number of hydrazine groups is 1. The molecule has 2 atom stereocenters. The molecule has 1 fully saturated rings. The summed E-state index contributed by atoms with van der Waals surface area (Å²) >= 11 is 0. The lowest BCUT2D eigenvalue weighted by Crippen LogP contribution is -2.53. The normalized spacial score (nSPS) is 22.0. The van der Waals surface area contributed by atoms with Gasteiger partial charge in [-0.1, -0.05) is 0 Å². The summed E-state index contributed by atoms with van der Waals surface area (Å²) in [6.07, 6.45) is -0.180. The number of esters is 1. The van der Waals surface area contributed by atoms with Crippen LogP contribution in [0.3, 0.4) is 0 Å². The van der Waals surface area contributed by atoms with Crippen molar-refractivity contribution in [3.8, 4) is 0 Å². The predicted molar refractivity (Wildman–Crippen MR) is 78.4 cm³/mol. The molecule has 8 heteroatoms. The van der Waals surface area contributed by atoms with E-state index in [9.17, 15) is 14.4 Å². The van der Waals surface area contributed by atoms with Crippen LogP contribution in [-0.2, 0) is 19.1 Å². The summed E-state index contributed by atoms with van der Waals surface area (Å²) < 4.78 is 10.3. The Labute approximate surface area is 130 Å². The van der Waals surface area contributed by atoms with Gasteiger partial charge < -0.3 is 14.4 Å². The molecule has 8 nitrogen and oxygen atoms in total. The molecule has 0 bridgehead atoms. The van der Waals surface area contributed by atoms with E-state index in [4.69, 9.17) is 15.3 Å². The maximum absolute atomic E-state index is 12.1. The van der Waals surface area contributed by atoms with Crippen LogP contribution >= 0.6 is 0 Å². The predicted octanol–water partition coefficient (Wildman–Crippen LogP) is 0.413. The van der Waals surface area contributed by atoms with Crippen LogP contribution in [0.15, 0.2) is 0 Å². The van der Waals surface area contributed by atoms with Gasteiger partial charge in [0.2, 0.25) is 5.91 Å². The van der Waals surface area contributed by atoms with Crippen LogP contribution in [0.2, 0.25) is 0 Å². The lowest BCUT2D eigenvalue weighted by molar-refractivity contribution is -0.155. The Morgan fingerprint density at radius 1 is 1.27 bits per heavy atom.